The molecule has 0 aliphatic rings. The summed E-state index contributed by atoms with van der Waals surface area (Å²) < 4.78 is 0. The molecule has 5 nitrogen and oxygen atoms in total. The minimum Gasteiger partial charge on any atom is -0.476 e. The summed E-state index contributed by atoms with van der Waals surface area (Å²) in [6.07, 6.45) is 5.91. The van der Waals surface area contributed by atoms with E-state index in [1.807, 2.05) is 0 Å². The molecule has 2 N–H and O–H groups in total. The number of hydrogen-bond donors (Lipinski definition) is 2. The third kappa shape index (κ3) is 3.49. The van der Waals surface area contributed by atoms with E-state index in [1.165, 1.54) is 12.4 Å². The zero-order chi connectivity index (χ0) is 12.0. The van der Waals surface area contributed by atoms with Crippen LogP contribution in [0.3, 0.4) is 0 Å². The Morgan fingerprint density at radius 1 is 1.44 bits per heavy atom. The van der Waals surface area contributed by atoms with Crippen molar-refractivity contribution in [3.8, 4) is 0 Å². The molecule has 1 aromatic heterocycles. The van der Waals surface area contributed by atoms with E-state index in [4.69, 9.17) is 5.11 Å². The maximum atomic E-state index is 10.6. The molecule has 0 saturated heterocycles. The van der Waals surface area contributed by atoms with Gasteiger partial charge in [-0.25, -0.2) is 14.8 Å². The Hall–Kier alpha value is -1.65. The molecule has 0 aliphatic heterocycles. The van der Waals surface area contributed by atoms with Crippen LogP contribution in [0.4, 0.5) is 5.82 Å². The molecule has 1 rings (SSSR count). The smallest absolute Gasteiger partial charge is 0.356 e. The van der Waals surface area contributed by atoms with Gasteiger partial charge < -0.3 is 10.4 Å². The van der Waals surface area contributed by atoms with Gasteiger partial charge in [-0.1, -0.05) is 20.3 Å². The first-order valence-corrected chi connectivity index (χ1v) is 5.49. The van der Waals surface area contributed by atoms with Crippen LogP contribution in [0, 0.1) is 0 Å². The van der Waals surface area contributed by atoms with E-state index in [2.05, 4.69) is 29.1 Å². The molecule has 1 atom stereocenters. The van der Waals surface area contributed by atoms with E-state index in [-0.39, 0.29) is 5.69 Å². The quantitative estimate of drug-likeness (QED) is 0.773. The first kappa shape index (κ1) is 12.4. The number of nitrogens with one attached hydrogen (secondary N) is 1. The second-order valence-electron chi connectivity index (χ2n) is 3.63. The van der Waals surface area contributed by atoms with Gasteiger partial charge in [-0.3, -0.25) is 0 Å². The van der Waals surface area contributed by atoms with Crippen molar-refractivity contribution < 1.29 is 9.90 Å². The predicted molar refractivity (Wildman–Crippen MR) is 61.6 cm³/mol. The fourth-order valence-corrected chi connectivity index (χ4v) is 1.45. The monoisotopic (exact) mass is 223 g/mol. The van der Waals surface area contributed by atoms with E-state index in [1.54, 1.807) is 0 Å². The molecule has 88 valence electrons. The summed E-state index contributed by atoms with van der Waals surface area (Å²) in [5, 5.41) is 11.9. The van der Waals surface area contributed by atoms with Crippen molar-refractivity contribution in [3.05, 3.63) is 18.1 Å². The maximum Gasteiger partial charge on any atom is 0.356 e. The van der Waals surface area contributed by atoms with Crippen molar-refractivity contribution >= 4 is 11.8 Å². The highest BCUT2D eigenvalue weighted by atomic mass is 16.4. The summed E-state index contributed by atoms with van der Waals surface area (Å²) in [5.74, 6) is -0.426. The second kappa shape index (κ2) is 6.05. The average Bonchev–Trinajstić information content (AvgIpc) is 2.29. The van der Waals surface area contributed by atoms with Crippen molar-refractivity contribution in [2.75, 3.05) is 5.32 Å². The minimum atomic E-state index is -1.06. The molecule has 0 saturated carbocycles. The van der Waals surface area contributed by atoms with Crippen LogP contribution in [-0.2, 0) is 0 Å². The van der Waals surface area contributed by atoms with E-state index in [0.29, 0.717) is 11.9 Å². The van der Waals surface area contributed by atoms with Crippen molar-refractivity contribution in [2.45, 2.75) is 39.2 Å². The number of hydrogen-bond acceptors (Lipinski definition) is 4. The van der Waals surface area contributed by atoms with Crippen molar-refractivity contribution in [1.29, 1.82) is 0 Å². The van der Waals surface area contributed by atoms with Gasteiger partial charge in [0.25, 0.3) is 0 Å². The lowest BCUT2D eigenvalue weighted by Crippen LogP contribution is -2.19. The molecule has 1 unspecified atom stereocenters. The summed E-state index contributed by atoms with van der Waals surface area (Å²) in [5.41, 5.74) is -0.0333. The van der Waals surface area contributed by atoms with Gasteiger partial charge in [-0.05, 0) is 12.8 Å². The molecule has 0 aliphatic carbocycles. The van der Waals surface area contributed by atoms with Crippen molar-refractivity contribution in [3.63, 3.8) is 0 Å². The van der Waals surface area contributed by atoms with Gasteiger partial charge in [0.05, 0.1) is 12.4 Å². The molecule has 0 bridgehead atoms. The number of carboxylic acid groups (broad SMARTS) is 1. The summed E-state index contributed by atoms with van der Waals surface area (Å²) in [4.78, 5) is 18.4. The van der Waals surface area contributed by atoms with Crippen LogP contribution in [0.2, 0.25) is 0 Å². The molecule has 1 aromatic rings. The van der Waals surface area contributed by atoms with Gasteiger partial charge in [0.15, 0.2) is 5.69 Å². The Labute approximate surface area is 94.9 Å². The third-order valence-electron chi connectivity index (χ3n) is 2.35. The van der Waals surface area contributed by atoms with Crippen LogP contribution < -0.4 is 5.32 Å². The van der Waals surface area contributed by atoms with E-state index < -0.39 is 5.97 Å². The topological polar surface area (TPSA) is 75.1 Å². The first-order valence-electron chi connectivity index (χ1n) is 5.49. The average molecular weight is 223 g/mol. The summed E-state index contributed by atoms with van der Waals surface area (Å²) in [7, 11) is 0. The predicted octanol–water partition coefficient (Wildman–Crippen LogP) is 2.17. The number of rotatable bonds is 6. The third-order valence-corrected chi connectivity index (χ3v) is 2.35. The Kier molecular flexibility index (Phi) is 4.69. The summed E-state index contributed by atoms with van der Waals surface area (Å²) in [6.45, 7) is 4.23. The molecule has 0 amide bonds. The van der Waals surface area contributed by atoms with Crippen LogP contribution in [0.25, 0.3) is 0 Å². The highest BCUT2D eigenvalue weighted by molar-refractivity contribution is 5.84. The molecule has 0 aromatic carbocycles. The number of carbonyl (C=O) groups is 1. The summed E-state index contributed by atoms with van der Waals surface area (Å²) in [6, 6.07) is 0.370. The lowest BCUT2D eigenvalue weighted by atomic mass is 10.1. The van der Waals surface area contributed by atoms with Crippen LogP contribution in [0.15, 0.2) is 12.4 Å². The largest absolute Gasteiger partial charge is 0.476 e. The van der Waals surface area contributed by atoms with Crippen LogP contribution in [0.1, 0.15) is 43.6 Å². The highest BCUT2D eigenvalue weighted by Gasteiger charge is 2.08. The number of carboxylic acids is 1. The normalized spacial score (nSPS) is 12.1. The van der Waals surface area contributed by atoms with Crippen LogP contribution in [0.5, 0.6) is 0 Å². The molecular formula is C11H17N3O2. The SMILES string of the molecule is CCCC(CC)Nc1cnc(C(=O)O)cn1. The molecule has 0 spiro atoms. The Morgan fingerprint density at radius 2 is 2.19 bits per heavy atom. The van der Waals surface area contributed by atoms with Gasteiger partial charge in [-0.15, -0.1) is 0 Å². The summed E-state index contributed by atoms with van der Waals surface area (Å²) >= 11 is 0. The van der Waals surface area contributed by atoms with E-state index >= 15 is 0 Å². The lowest BCUT2D eigenvalue weighted by Gasteiger charge is -2.16. The number of anilines is 1. The fourth-order valence-electron chi connectivity index (χ4n) is 1.45. The zero-order valence-electron chi connectivity index (χ0n) is 9.60. The van der Waals surface area contributed by atoms with Gasteiger partial charge in [0.1, 0.15) is 5.82 Å². The van der Waals surface area contributed by atoms with E-state index in [9.17, 15) is 4.79 Å². The molecular weight excluding hydrogens is 206 g/mol. The Morgan fingerprint density at radius 3 is 2.62 bits per heavy atom. The van der Waals surface area contributed by atoms with Crippen LogP contribution in [-0.4, -0.2) is 27.1 Å². The van der Waals surface area contributed by atoms with Crippen molar-refractivity contribution in [1.82, 2.24) is 9.97 Å². The molecule has 16 heavy (non-hydrogen) atoms. The molecule has 0 radical (unpaired) electrons. The van der Waals surface area contributed by atoms with Gasteiger partial charge in [0.2, 0.25) is 0 Å². The number of aromatic carboxylic acids is 1. The number of aromatic nitrogens is 2. The van der Waals surface area contributed by atoms with Gasteiger partial charge in [-0.2, -0.15) is 0 Å². The van der Waals surface area contributed by atoms with Gasteiger partial charge in [0, 0.05) is 6.04 Å². The molecule has 1 heterocycles. The number of nitrogens with zero attached hydrogens (tertiary/aromatic N) is 2. The standard InChI is InChI=1S/C11H17N3O2/c1-3-5-8(4-2)14-10-7-12-9(6-13-10)11(15)16/h6-8H,3-5H2,1-2H3,(H,13,14)(H,15,16). The van der Waals surface area contributed by atoms with E-state index in [0.717, 1.165) is 19.3 Å². The zero-order valence-corrected chi connectivity index (χ0v) is 9.60. The lowest BCUT2D eigenvalue weighted by molar-refractivity contribution is 0.0690. The highest BCUT2D eigenvalue weighted by Crippen LogP contribution is 2.09. The Bertz CT molecular complexity index is 338. The molecule has 5 heteroatoms. The fraction of sp³-hybridized carbons (Fsp3) is 0.545. The Balaban J connectivity index is 2.63. The molecule has 0 fully saturated rings. The second-order valence-corrected chi connectivity index (χ2v) is 3.63. The maximum absolute atomic E-state index is 10.6. The van der Waals surface area contributed by atoms with Crippen LogP contribution >= 0.6 is 0 Å². The first-order chi connectivity index (χ1) is 7.67. The minimum absolute atomic E-state index is 0.0333. The van der Waals surface area contributed by atoms with Gasteiger partial charge >= 0.3 is 5.97 Å². The van der Waals surface area contributed by atoms with Crippen molar-refractivity contribution in [2.24, 2.45) is 0 Å².